The zero-order valence-corrected chi connectivity index (χ0v) is 24.0. The predicted octanol–water partition coefficient (Wildman–Crippen LogP) is 9.92. The summed E-state index contributed by atoms with van der Waals surface area (Å²) in [6.07, 6.45) is 0. The molecule has 2 aliphatic carbocycles. The molecule has 0 saturated carbocycles. The van der Waals surface area contributed by atoms with Gasteiger partial charge < -0.3 is 0 Å². The molecule has 0 radical (unpaired) electrons. The van der Waals surface area contributed by atoms with Crippen LogP contribution in [0, 0.1) is 0 Å². The van der Waals surface area contributed by atoms with Crippen molar-refractivity contribution in [2.24, 2.45) is 0 Å². The van der Waals surface area contributed by atoms with E-state index >= 15 is 0 Å². The van der Waals surface area contributed by atoms with E-state index in [1.165, 1.54) is 61.2 Å². The van der Waals surface area contributed by atoms with Crippen LogP contribution in [0.5, 0.6) is 0 Å². The average molecular weight is 485 g/mol. The Labute approximate surface area is 223 Å². The van der Waals surface area contributed by atoms with Gasteiger partial charge in [0.05, 0.1) is 5.41 Å². The number of hydrogen-bond acceptors (Lipinski definition) is 0. The minimum Gasteiger partial charge on any atom is -0.0619 e. The fourth-order valence-corrected chi connectivity index (χ4v) is 6.59. The number of hydrogen-bond donors (Lipinski definition) is 0. The van der Waals surface area contributed by atoms with E-state index in [-0.39, 0.29) is 21.7 Å². The third-order valence-corrected chi connectivity index (χ3v) is 8.78. The third-order valence-electron chi connectivity index (χ3n) is 8.78. The molecule has 0 fully saturated rings. The van der Waals surface area contributed by atoms with Crippen LogP contribution in [0.3, 0.4) is 0 Å². The van der Waals surface area contributed by atoms with Crippen molar-refractivity contribution in [3.05, 3.63) is 118 Å². The monoisotopic (exact) mass is 484 g/mol. The molecular formula is C37H40. The van der Waals surface area contributed by atoms with Gasteiger partial charge in [0.1, 0.15) is 0 Å². The molecule has 37 heavy (non-hydrogen) atoms. The number of fused-ring (bicyclic) bond motifs is 10. The van der Waals surface area contributed by atoms with E-state index in [0.29, 0.717) is 0 Å². The minimum atomic E-state index is -0.296. The summed E-state index contributed by atoms with van der Waals surface area (Å²) >= 11 is 0. The summed E-state index contributed by atoms with van der Waals surface area (Å²) in [6, 6.07) is 31.0. The van der Waals surface area contributed by atoms with Crippen LogP contribution in [-0.2, 0) is 21.7 Å². The topological polar surface area (TPSA) is 0 Å². The van der Waals surface area contributed by atoms with Crippen LogP contribution < -0.4 is 0 Å². The number of rotatable bonds is 0. The Hall–Kier alpha value is -3.12. The van der Waals surface area contributed by atoms with Crippen molar-refractivity contribution in [1.82, 2.24) is 0 Å². The molecule has 0 nitrogen and oxygen atoms in total. The van der Waals surface area contributed by atoms with Crippen LogP contribution in [0.25, 0.3) is 22.3 Å². The summed E-state index contributed by atoms with van der Waals surface area (Å²) < 4.78 is 0. The van der Waals surface area contributed by atoms with E-state index in [0.717, 1.165) is 0 Å². The minimum absolute atomic E-state index is 0.0820. The van der Waals surface area contributed by atoms with Gasteiger partial charge in [-0.15, -0.1) is 0 Å². The van der Waals surface area contributed by atoms with Crippen LogP contribution >= 0.6 is 0 Å². The second-order valence-corrected chi connectivity index (χ2v) is 14.3. The molecule has 1 spiro atoms. The molecular weight excluding hydrogens is 444 g/mol. The van der Waals surface area contributed by atoms with Gasteiger partial charge in [0.2, 0.25) is 0 Å². The molecule has 0 aliphatic heterocycles. The van der Waals surface area contributed by atoms with Crippen molar-refractivity contribution in [2.45, 2.75) is 84.0 Å². The molecule has 0 atom stereocenters. The van der Waals surface area contributed by atoms with Crippen molar-refractivity contribution in [3.8, 4) is 22.3 Å². The first kappa shape index (κ1) is 24.2. The molecule has 0 saturated heterocycles. The fraction of sp³-hybridized carbons (Fsp3) is 0.351. The smallest absolute Gasteiger partial charge is 0.0619 e. The first-order chi connectivity index (χ1) is 17.2. The normalized spacial score (nSPS) is 15.4. The van der Waals surface area contributed by atoms with Crippen LogP contribution in [0.4, 0.5) is 0 Å². The fourth-order valence-electron chi connectivity index (χ4n) is 6.59. The van der Waals surface area contributed by atoms with E-state index in [9.17, 15) is 0 Å². The van der Waals surface area contributed by atoms with E-state index in [1.54, 1.807) is 0 Å². The van der Waals surface area contributed by atoms with Crippen molar-refractivity contribution in [1.29, 1.82) is 0 Å². The lowest BCUT2D eigenvalue weighted by atomic mass is 9.68. The van der Waals surface area contributed by atoms with Crippen molar-refractivity contribution in [2.75, 3.05) is 0 Å². The maximum atomic E-state index is 2.52. The van der Waals surface area contributed by atoms with Gasteiger partial charge >= 0.3 is 0 Å². The van der Waals surface area contributed by atoms with E-state index in [4.69, 9.17) is 0 Å². The molecule has 0 N–H and O–H groups in total. The maximum absolute atomic E-state index is 2.52. The van der Waals surface area contributed by atoms with Gasteiger partial charge in [-0.3, -0.25) is 0 Å². The Balaban J connectivity index is 1.79. The highest BCUT2D eigenvalue weighted by atomic mass is 14.5. The standard InChI is InChI=1S/C37H40/c1-34(2,3)23-16-19-31-29(20-23)26-12-10-11-13-30(26)37(31)32-21-24(35(4,5)6)14-17-27(32)28-18-15-25(22-33(28)37)36(7,8)9/h10-22H,1-9H3. The first-order valence-electron chi connectivity index (χ1n) is 13.8. The lowest BCUT2D eigenvalue weighted by Gasteiger charge is -2.33. The molecule has 6 rings (SSSR count). The molecule has 2 aliphatic rings. The zero-order valence-electron chi connectivity index (χ0n) is 24.0. The average Bonchev–Trinajstić information content (AvgIpc) is 3.28. The molecule has 0 amide bonds. The van der Waals surface area contributed by atoms with Crippen LogP contribution in [0.15, 0.2) is 78.9 Å². The molecule has 188 valence electrons. The van der Waals surface area contributed by atoms with Crippen LogP contribution in [0.2, 0.25) is 0 Å². The van der Waals surface area contributed by atoms with Gasteiger partial charge in [-0.2, -0.15) is 0 Å². The van der Waals surface area contributed by atoms with Crippen molar-refractivity contribution >= 4 is 0 Å². The second kappa shape index (κ2) is 7.47. The molecule has 0 unspecified atom stereocenters. The Morgan fingerprint density at radius 3 is 1.30 bits per heavy atom. The highest BCUT2D eigenvalue weighted by Gasteiger charge is 2.52. The molecule has 0 bridgehead atoms. The molecule has 0 aromatic heterocycles. The highest BCUT2D eigenvalue weighted by molar-refractivity contribution is 5.95. The molecule has 0 heteroatoms. The first-order valence-corrected chi connectivity index (χ1v) is 13.8. The summed E-state index contributed by atoms with van der Waals surface area (Å²) in [5.41, 5.74) is 15.4. The van der Waals surface area contributed by atoms with Gasteiger partial charge in [-0.05, 0) is 77.4 Å². The van der Waals surface area contributed by atoms with Crippen molar-refractivity contribution in [3.63, 3.8) is 0 Å². The lowest BCUT2D eigenvalue weighted by Crippen LogP contribution is -2.27. The Morgan fingerprint density at radius 2 is 0.784 bits per heavy atom. The Morgan fingerprint density at radius 1 is 0.378 bits per heavy atom. The largest absolute Gasteiger partial charge is 0.0725 e. The zero-order chi connectivity index (χ0) is 26.5. The summed E-state index contributed by atoms with van der Waals surface area (Å²) in [6.45, 7) is 20.9. The van der Waals surface area contributed by atoms with E-state index < -0.39 is 0 Å². The molecule has 4 aromatic carbocycles. The van der Waals surface area contributed by atoms with E-state index in [1.807, 2.05) is 0 Å². The third kappa shape index (κ3) is 3.34. The summed E-state index contributed by atoms with van der Waals surface area (Å²) in [5, 5.41) is 0. The number of benzene rings is 4. The summed E-state index contributed by atoms with van der Waals surface area (Å²) in [7, 11) is 0. The van der Waals surface area contributed by atoms with Gasteiger partial charge in [0.15, 0.2) is 0 Å². The summed E-state index contributed by atoms with van der Waals surface area (Å²) in [5.74, 6) is 0. The molecule has 4 aromatic rings. The SMILES string of the molecule is CC(C)(C)c1ccc2c(c1)-c1ccccc1C21c2cc(C(C)(C)C)ccc2-c2ccc(C(C)(C)C)cc21. The van der Waals surface area contributed by atoms with Gasteiger partial charge in [0.25, 0.3) is 0 Å². The van der Waals surface area contributed by atoms with Gasteiger partial charge in [-0.1, -0.05) is 141 Å². The quantitative estimate of drug-likeness (QED) is 0.201. The lowest BCUT2D eigenvalue weighted by molar-refractivity contribution is 0.585. The van der Waals surface area contributed by atoms with E-state index in [2.05, 4.69) is 141 Å². The predicted molar refractivity (Wildman–Crippen MR) is 159 cm³/mol. The maximum Gasteiger partial charge on any atom is 0.0725 e. The highest BCUT2D eigenvalue weighted by Crippen LogP contribution is 2.63. The van der Waals surface area contributed by atoms with Gasteiger partial charge in [-0.25, -0.2) is 0 Å². The molecule has 0 heterocycles. The van der Waals surface area contributed by atoms with Crippen molar-refractivity contribution < 1.29 is 0 Å². The Kier molecular flexibility index (Phi) is 4.89. The van der Waals surface area contributed by atoms with Crippen LogP contribution in [-0.4, -0.2) is 0 Å². The summed E-state index contributed by atoms with van der Waals surface area (Å²) in [4.78, 5) is 0. The van der Waals surface area contributed by atoms with Crippen LogP contribution in [0.1, 0.15) is 101 Å². The second-order valence-electron chi connectivity index (χ2n) is 14.3. The Bertz CT molecular complexity index is 1490. The van der Waals surface area contributed by atoms with Gasteiger partial charge in [0, 0.05) is 0 Å².